The Morgan fingerprint density at radius 1 is 1.15 bits per heavy atom. The highest BCUT2D eigenvalue weighted by atomic mass is 19.1. The molecule has 0 aromatic heterocycles. The van der Waals surface area contributed by atoms with Crippen molar-refractivity contribution in [2.24, 2.45) is 11.8 Å². The number of rotatable bonds is 5. The van der Waals surface area contributed by atoms with Gasteiger partial charge in [0.1, 0.15) is 17.7 Å². The number of ether oxygens (including phenoxy) is 1. The molecule has 1 unspecified atom stereocenters. The van der Waals surface area contributed by atoms with Crippen LogP contribution in [0, 0.1) is 24.6 Å². The number of aliphatic hydroxyl groups excluding tert-OH is 1. The van der Waals surface area contributed by atoms with Crippen molar-refractivity contribution in [3.63, 3.8) is 0 Å². The van der Waals surface area contributed by atoms with E-state index in [4.69, 9.17) is 4.74 Å². The van der Waals surface area contributed by atoms with E-state index in [2.05, 4.69) is 6.08 Å². The third kappa shape index (κ3) is 3.86. The standard InChI is InChI=1S/C28H31FO4/c1-17-22(27(31)32)11-3-19-4-12-23-18(5-13-24(23)33-26(17)19)6-14-25(30)28(15-2-16-28)20-7-9-21(29)10-8-20/h3,6-11,14,18,23-25,30H,2,4-5,12-13,15-16H2,1H3,(H,31,32)/b14-6+/t18-,23-,24+,25?/m1/s1. The Hall–Kier alpha value is -2.66. The summed E-state index contributed by atoms with van der Waals surface area (Å²) < 4.78 is 19.8. The van der Waals surface area contributed by atoms with Crippen molar-refractivity contribution in [2.45, 2.75) is 69.5 Å². The average Bonchev–Trinajstić information content (AvgIpc) is 3.03. The van der Waals surface area contributed by atoms with Crippen molar-refractivity contribution < 1.29 is 24.1 Å². The van der Waals surface area contributed by atoms with Crippen molar-refractivity contribution >= 4 is 5.97 Å². The molecule has 2 saturated carbocycles. The fourth-order valence-corrected chi connectivity index (χ4v) is 6.19. The zero-order chi connectivity index (χ0) is 23.2. The highest BCUT2D eigenvalue weighted by Gasteiger charge is 2.44. The maximum Gasteiger partial charge on any atom is 0.336 e. The SMILES string of the molecule is Cc1c(C(=O)O)ccc2c1O[C@H]1CC[C@H](/C=C/C(O)C3(c4ccc(F)cc4)CCC3)[C@H]1CC2. The van der Waals surface area contributed by atoms with Crippen LogP contribution in [0.1, 0.15) is 65.6 Å². The number of carboxylic acid groups (broad SMARTS) is 1. The van der Waals surface area contributed by atoms with E-state index in [0.717, 1.165) is 61.8 Å². The predicted octanol–water partition coefficient (Wildman–Crippen LogP) is 5.59. The van der Waals surface area contributed by atoms with Crippen LogP contribution in [0.2, 0.25) is 0 Å². The fraction of sp³-hybridized carbons (Fsp3) is 0.464. The lowest BCUT2D eigenvalue weighted by molar-refractivity contribution is 0.0620. The summed E-state index contributed by atoms with van der Waals surface area (Å²) in [6, 6.07) is 10.1. The number of allylic oxidation sites excluding steroid dienone is 1. The molecule has 2 N–H and O–H groups in total. The average molecular weight is 451 g/mol. The third-order valence-electron chi connectivity index (χ3n) is 8.32. The smallest absolute Gasteiger partial charge is 0.336 e. The lowest BCUT2D eigenvalue weighted by atomic mass is 9.61. The van der Waals surface area contributed by atoms with Gasteiger partial charge in [0.25, 0.3) is 0 Å². The van der Waals surface area contributed by atoms with Crippen LogP contribution in [0.25, 0.3) is 0 Å². The summed E-state index contributed by atoms with van der Waals surface area (Å²) in [5, 5.41) is 20.6. The van der Waals surface area contributed by atoms with E-state index in [9.17, 15) is 19.4 Å². The predicted molar refractivity (Wildman–Crippen MR) is 124 cm³/mol. The number of fused-ring (bicyclic) bond motifs is 2. The molecule has 1 aliphatic heterocycles. The Morgan fingerprint density at radius 2 is 1.91 bits per heavy atom. The molecule has 2 fully saturated rings. The van der Waals surface area contributed by atoms with E-state index >= 15 is 0 Å². The van der Waals surface area contributed by atoms with Crippen molar-refractivity contribution in [2.75, 3.05) is 0 Å². The molecule has 0 bridgehead atoms. The second-order valence-electron chi connectivity index (χ2n) is 9.98. The minimum Gasteiger partial charge on any atom is -0.490 e. The van der Waals surface area contributed by atoms with Crippen LogP contribution < -0.4 is 4.74 Å². The number of aromatic carboxylic acids is 1. The molecule has 1 heterocycles. The Bertz CT molecular complexity index is 1070. The van der Waals surface area contributed by atoms with Crippen LogP contribution in [0.4, 0.5) is 4.39 Å². The Morgan fingerprint density at radius 3 is 2.58 bits per heavy atom. The van der Waals surface area contributed by atoms with Crippen molar-refractivity contribution in [3.05, 3.63) is 76.6 Å². The first-order valence-electron chi connectivity index (χ1n) is 12.0. The molecule has 4 atom stereocenters. The minimum absolute atomic E-state index is 0.0653. The van der Waals surface area contributed by atoms with Crippen LogP contribution in [-0.4, -0.2) is 28.4 Å². The van der Waals surface area contributed by atoms with E-state index < -0.39 is 12.1 Å². The van der Waals surface area contributed by atoms with E-state index in [-0.39, 0.29) is 17.3 Å². The molecule has 33 heavy (non-hydrogen) atoms. The summed E-state index contributed by atoms with van der Waals surface area (Å²) >= 11 is 0. The van der Waals surface area contributed by atoms with Crippen LogP contribution in [0.3, 0.4) is 0 Å². The molecule has 5 rings (SSSR count). The van der Waals surface area contributed by atoms with Gasteiger partial charge in [0.15, 0.2) is 0 Å². The number of aliphatic hydroxyl groups is 1. The van der Waals surface area contributed by atoms with Gasteiger partial charge in [-0.2, -0.15) is 0 Å². The van der Waals surface area contributed by atoms with Gasteiger partial charge >= 0.3 is 5.97 Å². The van der Waals surface area contributed by atoms with E-state index in [0.29, 0.717) is 23.0 Å². The van der Waals surface area contributed by atoms with Gasteiger partial charge in [-0.15, -0.1) is 0 Å². The van der Waals surface area contributed by atoms with Gasteiger partial charge in [-0.3, -0.25) is 0 Å². The second-order valence-corrected chi connectivity index (χ2v) is 9.98. The van der Waals surface area contributed by atoms with Gasteiger partial charge in [0.2, 0.25) is 0 Å². The Labute approximate surface area is 194 Å². The quantitative estimate of drug-likeness (QED) is 0.583. The topological polar surface area (TPSA) is 66.8 Å². The molecule has 0 radical (unpaired) electrons. The van der Waals surface area contributed by atoms with Crippen molar-refractivity contribution in [1.82, 2.24) is 0 Å². The molecular formula is C28H31FO4. The first-order valence-corrected chi connectivity index (χ1v) is 12.0. The molecule has 2 aromatic rings. The minimum atomic E-state index is -0.924. The highest BCUT2D eigenvalue weighted by molar-refractivity contribution is 5.90. The number of hydrogen-bond acceptors (Lipinski definition) is 3. The first-order chi connectivity index (χ1) is 15.9. The molecular weight excluding hydrogens is 419 g/mol. The monoisotopic (exact) mass is 450 g/mol. The van der Waals surface area contributed by atoms with E-state index in [1.165, 1.54) is 12.1 Å². The molecule has 4 nitrogen and oxygen atoms in total. The van der Waals surface area contributed by atoms with Crippen molar-refractivity contribution in [1.29, 1.82) is 0 Å². The summed E-state index contributed by atoms with van der Waals surface area (Å²) in [5.74, 6) is 0.236. The summed E-state index contributed by atoms with van der Waals surface area (Å²) in [4.78, 5) is 11.5. The van der Waals surface area contributed by atoms with Crippen molar-refractivity contribution in [3.8, 4) is 5.75 Å². The Kier molecular flexibility index (Phi) is 5.77. The molecule has 0 spiro atoms. The zero-order valence-corrected chi connectivity index (χ0v) is 19.0. The lowest BCUT2D eigenvalue weighted by Gasteiger charge is -2.45. The van der Waals surface area contributed by atoms with Gasteiger partial charge < -0.3 is 14.9 Å². The summed E-state index contributed by atoms with van der Waals surface area (Å²) in [6.07, 6.45) is 10.3. The van der Waals surface area contributed by atoms with Gasteiger partial charge in [0, 0.05) is 16.9 Å². The number of carboxylic acids is 1. The maximum absolute atomic E-state index is 13.4. The highest BCUT2D eigenvalue weighted by Crippen LogP contribution is 2.48. The molecule has 2 aliphatic carbocycles. The molecule has 174 valence electrons. The normalized spacial score (nSPS) is 26.6. The molecule has 3 aliphatic rings. The molecule has 0 saturated heterocycles. The molecule has 2 aromatic carbocycles. The number of halogens is 1. The summed E-state index contributed by atoms with van der Waals surface area (Å²) in [5.41, 5.74) is 2.79. The first kappa shape index (κ1) is 22.1. The summed E-state index contributed by atoms with van der Waals surface area (Å²) in [7, 11) is 0. The number of benzene rings is 2. The number of aryl methyl sites for hydroxylation is 1. The van der Waals surface area contributed by atoms with E-state index in [1.54, 1.807) is 18.2 Å². The fourth-order valence-electron chi connectivity index (χ4n) is 6.19. The largest absolute Gasteiger partial charge is 0.490 e. The van der Waals surface area contributed by atoms with Gasteiger partial charge in [-0.05, 0) is 80.7 Å². The van der Waals surface area contributed by atoms with Gasteiger partial charge in [-0.25, -0.2) is 9.18 Å². The van der Waals surface area contributed by atoms with Crippen LogP contribution >= 0.6 is 0 Å². The lowest BCUT2D eigenvalue weighted by Crippen LogP contribution is -2.44. The Balaban J connectivity index is 1.32. The van der Waals surface area contributed by atoms with Crippen LogP contribution in [0.5, 0.6) is 5.75 Å². The molecule has 0 amide bonds. The molecule has 5 heteroatoms. The number of carbonyl (C=O) groups is 1. The summed E-state index contributed by atoms with van der Waals surface area (Å²) in [6.45, 7) is 1.83. The van der Waals surface area contributed by atoms with Crippen LogP contribution in [-0.2, 0) is 11.8 Å². The van der Waals surface area contributed by atoms with Gasteiger partial charge in [0.05, 0.1) is 11.7 Å². The zero-order valence-electron chi connectivity index (χ0n) is 19.0. The maximum atomic E-state index is 13.4. The van der Waals surface area contributed by atoms with Crippen LogP contribution in [0.15, 0.2) is 48.6 Å². The third-order valence-corrected chi connectivity index (χ3v) is 8.32. The van der Waals surface area contributed by atoms with E-state index in [1.807, 2.05) is 19.1 Å². The number of hydrogen-bond donors (Lipinski definition) is 2. The van der Waals surface area contributed by atoms with Gasteiger partial charge in [-0.1, -0.05) is 36.8 Å². The second kappa shape index (κ2) is 8.60.